The molecule has 19 heavy (non-hydrogen) atoms. The zero-order chi connectivity index (χ0) is 13.5. The van der Waals surface area contributed by atoms with Crippen molar-refractivity contribution < 1.29 is 9.84 Å². The normalized spacial score (nSPS) is 20.3. The van der Waals surface area contributed by atoms with E-state index in [2.05, 4.69) is 22.9 Å². The monoisotopic (exact) mass is 263 g/mol. The van der Waals surface area contributed by atoms with Crippen molar-refractivity contribution in [3.05, 3.63) is 42.3 Å². The molecular weight excluding hydrogens is 242 g/mol. The number of hydrogen-bond donors (Lipinski definition) is 4. The van der Waals surface area contributed by atoms with Crippen molar-refractivity contribution in [1.82, 2.24) is 16.0 Å². The van der Waals surface area contributed by atoms with Gasteiger partial charge in [0.25, 0.3) is 0 Å². The standard InChI is InChI=1S/C14H21N3O2/c1-2-11(10-19-13-6-4-3-5-7-13)17-14-15-8-12(18)9-16-14/h3-8,11,14-18H,2,9-10H2,1H3. The first kappa shape index (κ1) is 13.7. The van der Waals surface area contributed by atoms with E-state index < -0.39 is 0 Å². The van der Waals surface area contributed by atoms with Crippen molar-refractivity contribution in [2.45, 2.75) is 25.7 Å². The van der Waals surface area contributed by atoms with Crippen LogP contribution in [0.4, 0.5) is 0 Å². The Labute approximate surface area is 113 Å². The lowest BCUT2D eigenvalue weighted by Crippen LogP contribution is -2.57. The van der Waals surface area contributed by atoms with Crippen LogP contribution in [0.1, 0.15) is 13.3 Å². The molecule has 0 amide bonds. The summed E-state index contributed by atoms with van der Waals surface area (Å²) >= 11 is 0. The molecule has 1 aliphatic heterocycles. The number of benzene rings is 1. The molecule has 0 bridgehead atoms. The van der Waals surface area contributed by atoms with E-state index in [1.165, 1.54) is 0 Å². The maximum absolute atomic E-state index is 9.25. The van der Waals surface area contributed by atoms with Crippen molar-refractivity contribution in [2.75, 3.05) is 13.2 Å². The van der Waals surface area contributed by atoms with Gasteiger partial charge in [0.2, 0.25) is 0 Å². The molecule has 104 valence electrons. The molecule has 5 nitrogen and oxygen atoms in total. The van der Waals surface area contributed by atoms with Gasteiger partial charge in [-0.25, -0.2) is 0 Å². The largest absolute Gasteiger partial charge is 0.509 e. The molecule has 0 aromatic heterocycles. The summed E-state index contributed by atoms with van der Waals surface area (Å²) in [5.41, 5.74) is 0. The minimum Gasteiger partial charge on any atom is -0.509 e. The molecule has 2 atom stereocenters. The van der Waals surface area contributed by atoms with Crippen molar-refractivity contribution in [1.29, 1.82) is 0 Å². The molecule has 4 N–H and O–H groups in total. The van der Waals surface area contributed by atoms with E-state index in [0.717, 1.165) is 12.2 Å². The molecular formula is C14H21N3O2. The van der Waals surface area contributed by atoms with Crippen LogP contribution in [0.3, 0.4) is 0 Å². The quantitative estimate of drug-likeness (QED) is 0.623. The van der Waals surface area contributed by atoms with E-state index in [9.17, 15) is 5.11 Å². The van der Waals surface area contributed by atoms with Crippen LogP contribution < -0.4 is 20.7 Å². The minimum atomic E-state index is -0.0415. The Bertz CT molecular complexity index is 408. The first-order valence-corrected chi connectivity index (χ1v) is 6.59. The minimum absolute atomic E-state index is 0.0415. The van der Waals surface area contributed by atoms with Gasteiger partial charge in [0.15, 0.2) is 0 Å². The van der Waals surface area contributed by atoms with Crippen molar-refractivity contribution in [2.24, 2.45) is 0 Å². The maximum atomic E-state index is 9.25. The Balaban J connectivity index is 1.77. The highest BCUT2D eigenvalue weighted by atomic mass is 16.5. The molecule has 0 aliphatic carbocycles. The molecule has 0 saturated heterocycles. The van der Waals surface area contributed by atoms with Crippen molar-refractivity contribution in [3.8, 4) is 5.75 Å². The molecule has 1 aliphatic rings. The highest BCUT2D eigenvalue weighted by molar-refractivity contribution is 5.20. The summed E-state index contributed by atoms with van der Waals surface area (Å²) in [4.78, 5) is 0. The van der Waals surface area contributed by atoms with Gasteiger partial charge in [-0.15, -0.1) is 0 Å². The Morgan fingerprint density at radius 1 is 1.42 bits per heavy atom. The zero-order valence-corrected chi connectivity index (χ0v) is 11.1. The van der Waals surface area contributed by atoms with E-state index >= 15 is 0 Å². The Morgan fingerprint density at radius 2 is 2.21 bits per heavy atom. The molecule has 0 fully saturated rings. The smallest absolute Gasteiger partial charge is 0.132 e. The Hall–Kier alpha value is -1.72. The van der Waals surface area contributed by atoms with Gasteiger partial charge in [-0.05, 0) is 18.6 Å². The molecule has 1 aromatic rings. The number of aliphatic hydroxyl groups excluding tert-OH is 1. The zero-order valence-electron chi connectivity index (χ0n) is 11.1. The van der Waals surface area contributed by atoms with Gasteiger partial charge in [0.1, 0.15) is 24.4 Å². The number of para-hydroxylation sites is 1. The molecule has 0 saturated carbocycles. The first-order valence-electron chi connectivity index (χ1n) is 6.59. The SMILES string of the molecule is CCC(COc1ccccc1)NC1NC=C(O)CN1. The second-order valence-corrected chi connectivity index (χ2v) is 4.51. The lowest BCUT2D eigenvalue weighted by molar-refractivity contribution is 0.222. The number of aliphatic hydroxyl groups is 1. The Morgan fingerprint density at radius 3 is 2.84 bits per heavy atom. The summed E-state index contributed by atoms with van der Waals surface area (Å²) < 4.78 is 5.74. The molecule has 1 aromatic carbocycles. The highest BCUT2D eigenvalue weighted by Crippen LogP contribution is 2.09. The predicted octanol–water partition coefficient (Wildman–Crippen LogP) is 1.31. The van der Waals surface area contributed by atoms with Gasteiger partial charge in [0.05, 0.1) is 6.54 Å². The number of ether oxygens (including phenoxy) is 1. The van der Waals surface area contributed by atoms with Crippen LogP contribution in [0.2, 0.25) is 0 Å². The topological polar surface area (TPSA) is 65.5 Å². The summed E-state index contributed by atoms with van der Waals surface area (Å²) in [7, 11) is 0. The van der Waals surface area contributed by atoms with E-state index in [4.69, 9.17) is 4.74 Å². The summed E-state index contributed by atoms with van der Waals surface area (Å²) in [6.45, 7) is 3.19. The maximum Gasteiger partial charge on any atom is 0.132 e. The molecule has 0 spiro atoms. The van der Waals surface area contributed by atoms with E-state index in [0.29, 0.717) is 18.9 Å². The lowest BCUT2D eigenvalue weighted by atomic mass is 10.2. The van der Waals surface area contributed by atoms with Crippen LogP contribution >= 0.6 is 0 Å². The third kappa shape index (κ3) is 4.46. The molecule has 1 heterocycles. The second kappa shape index (κ2) is 7.01. The van der Waals surface area contributed by atoms with Gasteiger partial charge in [0, 0.05) is 12.2 Å². The number of nitrogens with one attached hydrogen (secondary N) is 3. The van der Waals surface area contributed by atoms with Crippen LogP contribution in [0.25, 0.3) is 0 Å². The fraction of sp³-hybridized carbons (Fsp3) is 0.429. The van der Waals surface area contributed by atoms with Gasteiger partial charge >= 0.3 is 0 Å². The van der Waals surface area contributed by atoms with E-state index in [1.807, 2.05) is 30.3 Å². The van der Waals surface area contributed by atoms with Gasteiger partial charge in [-0.3, -0.25) is 10.6 Å². The fourth-order valence-corrected chi connectivity index (χ4v) is 1.84. The van der Waals surface area contributed by atoms with Crippen LogP contribution in [0.15, 0.2) is 42.3 Å². The average Bonchev–Trinajstić information content (AvgIpc) is 2.46. The van der Waals surface area contributed by atoms with Crippen LogP contribution in [-0.4, -0.2) is 30.6 Å². The van der Waals surface area contributed by atoms with Gasteiger partial charge < -0.3 is 15.2 Å². The molecule has 2 rings (SSSR count). The van der Waals surface area contributed by atoms with Crippen molar-refractivity contribution in [3.63, 3.8) is 0 Å². The summed E-state index contributed by atoms with van der Waals surface area (Å²) in [6.07, 6.45) is 2.53. The predicted molar refractivity (Wildman–Crippen MR) is 74.8 cm³/mol. The Kier molecular flexibility index (Phi) is 5.06. The molecule has 0 radical (unpaired) electrons. The summed E-state index contributed by atoms with van der Waals surface area (Å²) in [5, 5.41) is 18.8. The van der Waals surface area contributed by atoms with Crippen LogP contribution in [-0.2, 0) is 0 Å². The fourth-order valence-electron chi connectivity index (χ4n) is 1.84. The third-order valence-corrected chi connectivity index (χ3v) is 2.99. The van der Waals surface area contributed by atoms with E-state index in [-0.39, 0.29) is 12.3 Å². The van der Waals surface area contributed by atoms with Crippen LogP contribution in [0.5, 0.6) is 5.75 Å². The lowest BCUT2D eigenvalue weighted by Gasteiger charge is -2.28. The van der Waals surface area contributed by atoms with Gasteiger partial charge in [-0.2, -0.15) is 0 Å². The number of hydrogen-bond acceptors (Lipinski definition) is 5. The van der Waals surface area contributed by atoms with E-state index in [1.54, 1.807) is 6.20 Å². The van der Waals surface area contributed by atoms with Gasteiger partial charge in [-0.1, -0.05) is 25.1 Å². The molecule has 2 unspecified atom stereocenters. The molecule has 5 heteroatoms. The van der Waals surface area contributed by atoms with Crippen molar-refractivity contribution >= 4 is 0 Å². The average molecular weight is 263 g/mol. The number of rotatable bonds is 6. The first-order chi connectivity index (χ1) is 9.28. The summed E-state index contributed by atoms with van der Waals surface area (Å²) in [5.74, 6) is 1.19. The highest BCUT2D eigenvalue weighted by Gasteiger charge is 2.16. The second-order valence-electron chi connectivity index (χ2n) is 4.51. The third-order valence-electron chi connectivity index (χ3n) is 2.99. The summed E-state index contributed by atoms with van der Waals surface area (Å²) in [6, 6.07) is 10.0. The van der Waals surface area contributed by atoms with Crippen LogP contribution in [0, 0.1) is 0 Å².